The lowest BCUT2D eigenvalue weighted by molar-refractivity contribution is -0.647. The maximum Gasteiger partial charge on any atom is 0.251 e. The van der Waals surface area contributed by atoms with Crippen molar-refractivity contribution in [2.45, 2.75) is 12.5 Å². The van der Waals surface area contributed by atoms with E-state index >= 15 is 0 Å². The van der Waals surface area contributed by atoms with Gasteiger partial charge in [-0.05, 0) is 47.4 Å². The molecule has 0 aliphatic carbocycles. The van der Waals surface area contributed by atoms with Crippen molar-refractivity contribution in [3.8, 4) is 0 Å². The number of nitrogens with two attached hydrogens (primary N) is 2. The molecule has 1 atom stereocenters. The number of aromatic amines is 1. The fourth-order valence-electron chi connectivity index (χ4n) is 4.45. The van der Waals surface area contributed by atoms with Crippen LogP contribution in [0.5, 0.6) is 0 Å². The molecule has 0 fully saturated rings. The van der Waals surface area contributed by atoms with Gasteiger partial charge < -0.3 is 16.5 Å². The van der Waals surface area contributed by atoms with Gasteiger partial charge in [-0.2, -0.15) is 4.57 Å². The molecule has 2 aromatic heterocycles. The number of aryl methyl sites for hydroxylation is 1. The van der Waals surface area contributed by atoms with Crippen molar-refractivity contribution in [3.63, 3.8) is 0 Å². The van der Waals surface area contributed by atoms with Crippen molar-refractivity contribution in [1.82, 2.24) is 4.98 Å². The molecule has 36 heavy (non-hydrogen) atoms. The molecule has 0 aliphatic heterocycles. The number of halogens is 2. The summed E-state index contributed by atoms with van der Waals surface area (Å²) in [6, 6.07) is 25.1. The number of fused-ring (bicyclic) bond motifs is 2. The Labute approximate surface area is 222 Å². The minimum atomic E-state index is -0.652. The van der Waals surface area contributed by atoms with Crippen molar-refractivity contribution >= 4 is 70.2 Å². The summed E-state index contributed by atoms with van der Waals surface area (Å²) in [6.07, 6.45) is 6.47. The second kappa shape index (κ2) is 11.4. The summed E-state index contributed by atoms with van der Waals surface area (Å²) in [4.78, 5) is 16.8. The number of hydrogen-bond donors (Lipinski definition) is 3. The van der Waals surface area contributed by atoms with Crippen molar-refractivity contribution in [1.29, 1.82) is 0 Å². The zero-order valence-electron chi connectivity index (χ0n) is 19.8. The van der Waals surface area contributed by atoms with E-state index in [0.29, 0.717) is 12.1 Å². The average Bonchev–Trinajstić information content (AvgIpc) is 3.27. The summed E-state index contributed by atoms with van der Waals surface area (Å²) in [6.45, 7) is 0. The van der Waals surface area contributed by atoms with Gasteiger partial charge in [0.05, 0.1) is 11.4 Å². The van der Waals surface area contributed by atoms with Crippen LogP contribution in [0.4, 0.5) is 5.69 Å². The Balaban J connectivity index is 0.00000180. The zero-order valence-corrected chi connectivity index (χ0v) is 21.5. The number of aromatic nitrogens is 2. The van der Waals surface area contributed by atoms with Gasteiger partial charge in [0.2, 0.25) is 11.3 Å². The molecule has 0 saturated heterocycles. The number of hydrogen-bond acceptors (Lipinski definition) is 3. The maximum absolute atomic E-state index is 13.5. The average molecular weight is 520 g/mol. The summed E-state index contributed by atoms with van der Waals surface area (Å²) in [7, 11) is 1.92. The monoisotopic (exact) mass is 519 g/mol. The number of nitrogens with one attached hydrogen (secondary N) is 1. The molecule has 5 nitrogen and oxygen atoms in total. The molecule has 3 aromatic carbocycles. The molecule has 5 aromatic rings. The van der Waals surface area contributed by atoms with Crippen LogP contribution in [0.3, 0.4) is 0 Å². The fraction of sp³-hybridized carbons (Fsp3) is 0.103. The van der Waals surface area contributed by atoms with E-state index in [1.54, 1.807) is 0 Å². The topological polar surface area (TPSA) is 88.8 Å². The Morgan fingerprint density at radius 3 is 2.36 bits per heavy atom. The molecule has 5 N–H and O–H groups in total. The highest BCUT2D eigenvalue weighted by atomic mass is 35.5. The number of carbonyl (C=O) groups is 1. The van der Waals surface area contributed by atoms with Gasteiger partial charge in [0.25, 0.3) is 5.69 Å². The molecule has 7 heteroatoms. The smallest absolute Gasteiger partial charge is 0.251 e. The van der Waals surface area contributed by atoms with Crippen LogP contribution < -0.4 is 16.0 Å². The number of Topliss-reactive ketones (excluding diaryl/α,β-unsaturated/α-hetero) is 1. The van der Waals surface area contributed by atoms with E-state index in [-0.39, 0.29) is 30.6 Å². The SMILES string of the molecule is C[n+]1c(C(=O)C(N)Cc2c[nH]c3ccccc23)cc(C=Cc2ccc(N)cc2)c2ccccc21.Cl.Cl. The summed E-state index contributed by atoms with van der Waals surface area (Å²) < 4.78 is 1.94. The quantitative estimate of drug-likeness (QED) is 0.157. The van der Waals surface area contributed by atoms with E-state index < -0.39 is 6.04 Å². The number of rotatable bonds is 6. The summed E-state index contributed by atoms with van der Waals surface area (Å²) >= 11 is 0. The molecule has 0 radical (unpaired) electrons. The first kappa shape index (κ1) is 27.0. The Bertz CT molecular complexity index is 1540. The molecule has 0 aliphatic rings. The van der Waals surface area contributed by atoms with E-state index in [2.05, 4.69) is 17.1 Å². The Morgan fingerprint density at radius 2 is 1.61 bits per heavy atom. The molecule has 184 valence electrons. The number of nitrogens with zero attached hydrogens (tertiary/aromatic N) is 1. The van der Waals surface area contributed by atoms with Crippen LogP contribution in [0.1, 0.15) is 27.2 Å². The lowest BCUT2D eigenvalue weighted by Gasteiger charge is -2.11. The number of nitrogen functional groups attached to an aromatic ring is 1. The summed E-state index contributed by atoms with van der Waals surface area (Å²) in [5, 5.41) is 2.17. The molecule has 1 unspecified atom stereocenters. The maximum atomic E-state index is 13.5. The predicted octanol–water partition coefficient (Wildman–Crippen LogP) is 5.49. The van der Waals surface area contributed by atoms with Crippen LogP contribution in [0, 0.1) is 0 Å². The minimum absolute atomic E-state index is 0. The molecular formula is C29H29Cl2N4O+. The number of anilines is 1. The van der Waals surface area contributed by atoms with Crippen LogP contribution in [-0.2, 0) is 13.5 Å². The lowest BCUT2D eigenvalue weighted by Crippen LogP contribution is -2.43. The third-order valence-electron chi connectivity index (χ3n) is 6.33. The Hall–Kier alpha value is -3.64. The van der Waals surface area contributed by atoms with Crippen LogP contribution in [0.2, 0.25) is 0 Å². The molecule has 0 saturated carbocycles. The second-order valence-corrected chi connectivity index (χ2v) is 8.60. The first-order chi connectivity index (χ1) is 16.5. The van der Waals surface area contributed by atoms with E-state index in [4.69, 9.17) is 11.5 Å². The van der Waals surface area contributed by atoms with E-state index in [1.807, 2.05) is 96.7 Å². The number of benzene rings is 3. The Kier molecular flexibility index (Phi) is 8.53. The third kappa shape index (κ3) is 5.29. The summed E-state index contributed by atoms with van der Waals surface area (Å²) in [5.74, 6) is -0.0827. The van der Waals surface area contributed by atoms with Crippen LogP contribution in [0.15, 0.2) is 85.1 Å². The first-order valence-corrected chi connectivity index (χ1v) is 11.3. The number of para-hydroxylation sites is 2. The highest BCUT2D eigenvalue weighted by Crippen LogP contribution is 2.22. The van der Waals surface area contributed by atoms with Gasteiger partial charge >= 0.3 is 0 Å². The number of H-pyrrole nitrogens is 1. The van der Waals surface area contributed by atoms with Crippen molar-refractivity contribution in [2.75, 3.05) is 5.73 Å². The zero-order chi connectivity index (χ0) is 23.7. The minimum Gasteiger partial charge on any atom is -0.399 e. The van der Waals surface area contributed by atoms with Crippen molar-refractivity contribution in [2.24, 2.45) is 12.8 Å². The lowest BCUT2D eigenvalue weighted by atomic mass is 9.98. The number of carbonyl (C=O) groups excluding carboxylic acids is 1. The predicted molar refractivity (Wildman–Crippen MR) is 154 cm³/mol. The first-order valence-electron chi connectivity index (χ1n) is 11.3. The van der Waals surface area contributed by atoms with Gasteiger partial charge in [0.15, 0.2) is 0 Å². The van der Waals surface area contributed by atoms with Gasteiger partial charge in [-0.25, -0.2) is 0 Å². The van der Waals surface area contributed by atoms with Gasteiger partial charge in [-0.1, -0.05) is 54.6 Å². The molecule has 0 spiro atoms. The van der Waals surface area contributed by atoms with Gasteiger partial charge in [0.1, 0.15) is 7.05 Å². The van der Waals surface area contributed by atoms with Gasteiger partial charge in [-0.15, -0.1) is 24.8 Å². The second-order valence-electron chi connectivity index (χ2n) is 8.60. The molecule has 0 bridgehead atoms. The highest BCUT2D eigenvalue weighted by Gasteiger charge is 2.27. The fourth-order valence-corrected chi connectivity index (χ4v) is 4.45. The van der Waals surface area contributed by atoms with Crippen molar-refractivity contribution < 1.29 is 9.36 Å². The van der Waals surface area contributed by atoms with Crippen LogP contribution >= 0.6 is 24.8 Å². The van der Waals surface area contributed by atoms with E-state index in [0.717, 1.165) is 44.2 Å². The van der Waals surface area contributed by atoms with E-state index in [9.17, 15) is 4.79 Å². The van der Waals surface area contributed by atoms with Gasteiger partial charge in [-0.3, -0.25) is 4.79 Å². The van der Waals surface area contributed by atoms with E-state index in [1.165, 1.54) is 0 Å². The standard InChI is InChI=1S/C29H26N4O.2ClH/c1-33-27-9-5-3-7-24(27)20(13-10-19-11-14-22(30)15-12-19)17-28(33)29(34)25(31)16-21-18-32-26-8-4-2-6-23(21)26;;/h2-15,17-18,25,30,32H,16,31H2,1H3;2*1H/p+1. The van der Waals surface area contributed by atoms with Crippen molar-refractivity contribution in [3.05, 3.63) is 107 Å². The highest BCUT2D eigenvalue weighted by molar-refractivity contribution is 6.00. The molecule has 2 heterocycles. The Morgan fingerprint density at radius 1 is 0.944 bits per heavy atom. The number of pyridine rings is 1. The molecule has 5 rings (SSSR count). The van der Waals surface area contributed by atoms with Gasteiger partial charge in [0, 0.05) is 34.9 Å². The molecule has 0 amide bonds. The largest absolute Gasteiger partial charge is 0.399 e. The van der Waals surface area contributed by atoms with Crippen LogP contribution in [0.25, 0.3) is 34.0 Å². The third-order valence-corrected chi connectivity index (χ3v) is 6.33. The summed E-state index contributed by atoms with van der Waals surface area (Å²) in [5.41, 5.74) is 18.7. The molecular weight excluding hydrogens is 491 g/mol. The normalized spacial score (nSPS) is 11.8. The number of ketones is 1. The van der Waals surface area contributed by atoms with Crippen LogP contribution in [-0.4, -0.2) is 16.8 Å².